The van der Waals surface area contributed by atoms with E-state index in [2.05, 4.69) is 20.8 Å². The number of aliphatic hydroxyl groups is 8. The number of rotatable bonds is 6. The van der Waals surface area contributed by atoms with Crippen LogP contribution in [0.3, 0.4) is 0 Å². The summed E-state index contributed by atoms with van der Waals surface area (Å²) in [5, 5.41) is 86.1. The van der Waals surface area contributed by atoms with Crippen molar-refractivity contribution in [3.63, 3.8) is 0 Å². The molecule has 12 nitrogen and oxygen atoms in total. The summed E-state index contributed by atoms with van der Waals surface area (Å²) in [6, 6.07) is 0. The first-order valence-corrected chi connectivity index (χ1v) is 18.7. The second-order valence-electron chi connectivity index (χ2n) is 18.4. The standard InChI is InChI=1S/C37H60O12/c1-17(2)37(46)14-20(48-31(37)45)18(3)19-9-10-33(5)22-7-8-23-34(6,30(44)49-29-28(43)27(42)26(41)21(15-38)47-29)24(39)13-25(40)36(23)16-35(22,36)12-11-32(19,33)4/h17-29,31,38-43,45-46H,7-16H2,1-6H3/t18-,19-,20-,21-,22+,23+,24+,25+,26-,27+,28-,29+,31+,32-,33+,34+,35+,36-,37+/m1/s1. The molecule has 0 unspecified atom stereocenters. The predicted octanol–water partition coefficient (Wildman–Crippen LogP) is 1.21. The number of esters is 1. The Bertz CT molecular complexity index is 1310. The zero-order valence-corrected chi connectivity index (χ0v) is 29.9. The van der Waals surface area contributed by atoms with Gasteiger partial charge in [-0.1, -0.05) is 34.6 Å². The average Bonchev–Trinajstić information content (AvgIpc) is 3.54. The minimum absolute atomic E-state index is 0.0129. The molecule has 2 aliphatic heterocycles. The molecule has 280 valence electrons. The molecular formula is C37H60O12. The lowest BCUT2D eigenvalue weighted by Gasteiger charge is -2.64. The third kappa shape index (κ3) is 4.48. The van der Waals surface area contributed by atoms with Gasteiger partial charge in [-0.2, -0.15) is 0 Å². The first-order valence-electron chi connectivity index (χ1n) is 18.7. The molecule has 7 aliphatic rings. The van der Waals surface area contributed by atoms with Crippen LogP contribution in [0.25, 0.3) is 0 Å². The lowest BCUT2D eigenvalue weighted by molar-refractivity contribution is -0.300. The van der Waals surface area contributed by atoms with Crippen LogP contribution in [0.5, 0.6) is 0 Å². The third-order valence-corrected chi connectivity index (χ3v) is 16.8. The van der Waals surface area contributed by atoms with Crippen LogP contribution in [0.4, 0.5) is 0 Å². The third-order valence-electron chi connectivity index (χ3n) is 16.8. The lowest BCUT2D eigenvalue weighted by atomic mass is 9.41. The fraction of sp³-hybridized carbons (Fsp3) is 0.973. The van der Waals surface area contributed by atoms with Gasteiger partial charge in [0.1, 0.15) is 30.0 Å². The molecule has 5 saturated carbocycles. The van der Waals surface area contributed by atoms with Gasteiger partial charge < -0.3 is 55.1 Å². The van der Waals surface area contributed by atoms with Crippen molar-refractivity contribution in [1.82, 2.24) is 0 Å². The number of ether oxygens (including phenoxy) is 3. The number of hydrogen-bond donors (Lipinski definition) is 8. The molecule has 19 atom stereocenters. The van der Waals surface area contributed by atoms with E-state index in [0.717, 1.165) is 38.5 Å². The first kappa shape index (κ1) is 36.4. The predicted molar refractivity (Wildman–Crippen MR) is 173 cm³/mol. The van der Waals surface area contributed by atoms with Crippen LogP contribution in [-0.2, 0) is 19.0 Å². The number of carbonyl (C=O) groups is 1. The van der Waals surface area contributed by atoms with E-state index < -0.39 is 84.1 Å². The average molecular weight is 697 g/mol. The molecule has 2 saturated heterocycles. The van der Waals surface area contributed by atoms with Crippen molar-refractivity contribution in [2.45, 2.75) is 160 Å². The summed E-state index contributed by atoms with van der Waals surface area (Å²) in [6.07, 6.45) is -4.93. The van der Waals surface area contributed by atoms with E-state index in [1.165, 1.54) is 0 Å². The quantitative estimate of drug-likeness (QED) is 0.185. The molecule has 7 rings (SSSR count). The Morgan fingerprint density at radius 2 is 1.51 bits per heavy atom. The van der Waals surface area contributed by atoms with Crippen LogP contribution in [0, 0.1) is 56.7 Å². The minimum Gasteiger partial charge on any atom is -0.432 e. The van der Waals surface area contributed by atoms with Crippen molar-refractivity contribution in [1.29, 1.82) is 0 Å². The molecule has 2 spiro atoms. The van der Waals surface area contributed by atoms with Gasteiger partial charge in [0.2, 0.25) is 6.29 Å². The fourth-order valence-corrected chi connectivity index (χ4v) is 13.5. The van der Waals surface area contributed by atoms with Crippen molar-refractivity contribution in [2.24, 2.45) is 56.7 Å². The second-order valence-corrected chi connectivity index (χ2v) is 18.4. The number of fused-ring (bicyclic) bond motifs is 2. The van der Waals surface area contributed by atoms with Crippen LogP contribution in [0.15, 0.2) is 0 Å². The molecule has 5 aliphatic carbocycles. The van der Waals surface area contributed by atoms with Crippen molar-refractivity contribution in [2.75, 3.05) is 6.61 Å². The summed E-state index contributed by atoms with van der Waals surface area (Å²) < 4.78 is 17.3. The summed E-state index contributed by atoms with van der Waals surface area (Å²) in [5.41, 5.74) is -3.56. The molecule has 0 aromatic heterocycles. The van der Waals surface area contributed by atoms with Gasteiger partial charge in [-0.05, 0) is 97.7 Å². The van der Waals surface area contributed by atoms with Crippen molar-refractivity contribution in [3.8, 4) is 0 Å². The maximum Gasteiger partial charge on any atom is 0.317 e. The molecule has 49 heavy (non-hydrogen) atoms. The smallest absolute Gasteiger partial charge is 0.317 e. The number of aliphatic hydroxyl groups excluding tert-OH is 7. The molecular weight excluding hydrogens is 636 g/mol. The highest BCUT2D eigenvalue weighted by Gasteiger charge is 2.86. The summed E-state index contributed by atoms with van der Waals surface area (Å²) in [7, 11) is 0. The molecule has 0 aromatic rings. The van der Waals surface area contributed by atoms with E-state index in [-0.39, 0.29) is 40.6 Å². The summed E-state index contributed by atoms with van der Waals surface area (Å²) >= 11 is 0. The summed E-state index contributed by atoms with van der Waals surface area (Å²) in [5.74, 6) is -0.568. The fourth-order valence-electron chi connectivity index (χ4n) is 13.5. The van der Waals surface area contributed by atoms with Gasteiger partial charge in [-0.3, -0.25) is 4.79 Å². The Morgan fingerprint density at radius 3 is 2.14 bits per heavy atom. The van der Waals surface area contributed by atoms with E-state index >= 15 is 0 Å². The lowest BCUT2D eigenvalue weighted by Crippen LogP contribution is -2.65. The van der Waals surface area contributed by atoms with Crippen LogP contribution < -0.4 is 0 Å². The van der Waals surface area contributed by atoms with Gasteiger partial charge >= 0.3 is 5.97 Å². The van der Waals surface area contributed by atoms with E-state index in [4.69, 9.17) is 14.2 Å². The van der Waals surface area contributed by atoms with Crippen LogP contribution in [0.2, 0.25) is 0 Å². The van der Waals surface area contributed by atoms with Gasteiger partial charge in [0.25, 0.3) is 0 Å². The normalized spacial score (nSPS) is 58.7. The van der Waals surface area contributed by atoms with Crippen molar-refractivity contribution in [3.05, 3.63) is 0 Å². The van der Waals surface area contributed by atoms with Gasteiger partial charge in [-0.15, -0.1) is 0 Å². The topological polar surface area (TPSA) is 207 Å². The highest BCUT2D eigenvalue weighted by atomic mass is 16.7. The largest absolute Gasteiger partial charge is 0.432 e. The monoisotopic (exact) mass is 696 g/mol. The summed E-state index contributed by atoms with van der Waals surface area (Å²) in [6.45, 7) is 11.9. The van der Waals surface area contributed by atoms with Gasteiger partial charge in [-0.25, -0.2) is 0 Å². The van der Waals surface area contributed by atoms with Crippen LogP contribution in [0.1, 0.15) is 99.3 Å². The molecule has 0 radical (unpaired) electrons. The minimum atomic E-state index is -1.75. The Morgan fingerprint density at radius 1 is 0.837 bits per heavy atom. The maximum absolute atomic E-state index is 14.1. The molecule has 2 heterocycles. The SMILES string of the molecule is CC(C)[C@@]1(O)C[C@H]([C@H](C)[C@H]2CC[C@@]3(C)[C@@H]4CC[C@H]5[C@](C)(C(=O)O[C@@H]6O[C@H](CO)[C@@H](O)[C@H](O)[C@H]6O)[C@@H](O)C[C@H](O)[C@@]56C[C@@]46CC[C@]23C)O[C@@H]1O. The van der Waals surface area contributed by atoms with E-state index in [0.29, 0.717) is 24.7 Å². The van der Waals surface area contributed by atoms with Crippen LogP contribution >= 0.6 is 0 Å². The zero-order valence-electron chi connectivity index (χ0n) is 29.9. The Balaban J connectivity index is 1.14. The molecule has 12 heteroatoms. The van der Waals surface area contributed by atoms with Crippen LogP contribution in [-0.4, -0.2) is 114 Å². The van der Waals surface area contributed by atoms with E-state index in [9.17, 15) is 45.6 Å². The molecule has 0 aromatic carbocycles. The molecule has 8 N–H and O–H groups in total. The molecule has 7 fully saturated rings. The van der Waals surface area contributed by atoms with E-state index in [1.54, 1.807) is 6.92 Å². The van der Waals surface area contributed by atoms with Crippen molar-refractivity contribution >= 4 is 5.97 Å². The Labute approximate surface area is 289 Å². The maximum atomic E-state index is 14.1. The number of carbonyl (C=O) groups excluding carboxylic acids is 1. The van der Waals surface area contributed by atoms with Gasteiger partial charge in [0.15, 0.2) is 6.29 Å². The molecule has 0 amide bonds. The van der Waals surface area contributed by atoms with E-state index in [1.807, 2.05) is 13.8 Å². The highest BCUT2D eigenvalue weighted by Crippen LogP contribution is 2.89. The Kier molecular flexibility index (Phi) is 8.57. The van der Waals surface area contributed by atoms with Gasteiger partial charge in [0, 0.05) is 18.3 Å². The second kappa shape index (κ2) is 11.5. The van der Waals surface area contributed by atoms with Gasteiger partial charge in [0.05, 0.1) is 30.3 Å². The first-order chi connectivity index (χ1) is 22.8. The Hall–Kier alpha value is -0.930. The summed E-state index contributed by atoms with van der Waals surface area (Å²) in [4.78, 5) is 14.1. The van der Waals surface area contributed by atoms with Crippen molar-refractivity contribution < 1.29 is 59.9 Å². The zero-order chi connectivity index (χ0) is 35.9. The molecule has 0 bridgehead atoms. The highest BCUT2D eigenvalue weighted by molar-refractivity contribution is 5.78. The number of hydrogen-bond acceptors (Lipinski definition) is 12.